The smallest absolute Gasteiger partial charge is 0.252 e. The van der Waals surface area contributed by atoms with Crippen molar-refractivity contribution in [1.29, 1.82) is 0 Å². The fourth-order valence-corrected chi connectivity index (χ4v) is 1.94. The fraction of sp³-hybridized carbons (Fsp3) is 0.333. The van der Waals surface area contributed by atoms with Crippen LogP contribution in [-0.2, 0) is 4.79 Å². The summed E-state index contributed by atoms with van der Waals surface area (Å²) < 4.78 is 0. The minimum atomic E-state index is -0.221. The van der Waals surface area contributed by atoms with Gasteiger partial charge in [0.05, 0.1) is 12.1 Å². The monoisotopic (exact) mass is 252 g/mol. The molecule has 1 aromatic carbocycles. The number of likely N-dealkylation sites (N-methyl/N-ethyl adjacent to an activating group) is 1. The minimum Gasteiger partial charge on any atom is -0.355 e. The number of hydrogen-bond donors (Lipinski definition) is 2. The summed E-state index contributed by atoms with van der Waals surface area (Å²) >= 11 is 1.51. The third-order valence-electron chi connectivity index (χ3n) is 2.14. The van der Waals surface area contributed by atoms with Gasteiger partial charge in [0.25, 0.3) is 5.91 Å². The number of rotatable bonds is 5. The van der Waals surface area contributed by atoms with E-state index in [0.717, 1.165) is 4.90 Å². The molecule has 0 atom stereocenters. The molecular weight excluding hydrogens is 236 g/mol. The highest BCUT2D eigenvalue weighted by Gasteiger charge is 2.10. The molecule has 0 radical (unpaired) electrons. The molecule has 0 spiro atoms. The van der Waals surface area contributed by atoms with Crippen LogP contribution in [0.5, 0.6) is 0 Å². The number of nitrogens with one attached hydrogen (secondary N) is 2. The molecule has 0 heterocycles. The minimum absolute atomic E-state index is 0.00931. The molecule has 4 nitrogen and oxygen atoms in total. The van der Waals surface area contributed by atoms with Crippen LogP contribution in [0.1, 0.15) is 17.3 Å². The van der Waals surface area contributed by atoms with Crippen molar-refractivity contribution in [1.82, 2.24) is 10.6 Å². The Morgan fingerprint density at radius 3 is 2.59 bits per heavy atom. The lowest BCUT2D eigenvalue weighted by molar-refractivity contribution is -0.120. The molecule has 0 saturated carbocycles. The van der Waals surface area contributed by atoms with Crippen molar-refractivity contribution < 1.29 is 9.59 Å². The quantitative estimate of drug-likeness (QED) is 0.776. The summed E-state index contributed by atoms with van der Waals surface area (Å²) in [6.45, 7) is 2.41. The second-order valence-corrected chi connectivity index (χ2v) is 4.18. The van der Waals surface area contributed by atoms with Gasteiger partial charge in [-0.3, -0.25) is 9.59 Å². The third-order valence-corrected chi connectivity index (χ3v) is 2.93. The number of hydrogen-bond acceptors (Lipinski definition) is 3. The largest absolute Gasteiger partial charge is 0.355 e. The Kier molecular flexibility index (Phi) is 5.56. The maximum absolute atomic E-state index is 11.8. The van der Waals surface area contributed by atoms with Gasteiger partial charge in [0.1, 0.15) is 0 Å². The van der Waals surface area contributed by atoms with Crippen LogP contribution in [-0.4, -0.2) is 31.2 Å². The highest BCUT2D eigenvalue weighted by molar-refractivity contribution is 7.98. The van der Waals surface area contributed by atoms with E-state index in [9.17, 15) is 9.59 Å². The Balaban J connectivity index is 2.61. The van der Waals surface area contributed by atoms with Crippen LogP contribution in [0.2, 0.25) is 0 Å². The van der Waals surface area contributed by atoms with Crippen LogP contribution >= 0.6 is 11.8 Å². The van der Waals surface area contributed by atoms with Gasteiger partial charge in [-0.25, -0.2) is 0 Å². The number of thioether (sulfide) groups is 1. The highest BCUT2D eigenvalue weighted by atomic mass is 32.2. The Morgan fingerprint density at radius 2 is 1.94 bits per heavy atom. The highest BCUT2D eigenvalue weighted by Crippen LogP contribution is 2.19. The van der Waals surface area contributed by atoms with E-state index in [4.69, 9.17) is 0 Å². The van der Waals surface area contributed by atoms with Crippen LogP contribution in [0.4, 0.5) is 0 Å². The molecule has 1 aromatic rings. The van der Waals surface area contributed by atoms with E-state index in [1.165, 1.54) is 11.8 Å². The van der Waals surface area contributed by atoms with Gasteiger partial charge in [0, 0.05) is 11.4 Å². The zero-order valence-corrected chi connectivity index (χ0v) is 10.8. The first kappa shape index (κ1) is 13.6. The SMILES string of the molecule is CCNC(=O)CNC(=O)c1ccccc1SC. The van der Waals surface area contributed by atoms with Crippen molar-refractivity contribution in [2.45, 2.75) is 11.8 Å². The van der Waals surface area contributed by atoms with Crippen molar-refractivity contribution in [3.63, 3.8) is 0 Å². The van der Waals surface area contributed by atoms with Crippen molar-refractivity contribution in [2.24, 2.45) is 0 Å². The first-order valence-corrected chi connectivity index (χ1v) is 6.59. The first-order chi connectivity index (χ1) is 8.19. The molecule has 0 unspecified atom stereocenters. The average molecular weight is 252 g/mol. The van der Waals surface area contributed by atoms with E-state index in [0.29, 0.717) is 12.1 Å². The summed E-state index contributed by atoms with van der Waals surface area (Å²) in [6.07, 6.45) is 1.91. The summed E-state index contributed by atoms with van der Waals surface area (Å²) in [5.41, 5.74) is 0.601. The summed E-state index contributed by atoms with van der Waals surface area (Å²) in [4.78, 5) is 23.9. The Bertz CT molecular complexity index is 407. The lowest BCUT2D eigenvalue weighted by Crippen LogP contribution is -2.36. The summed E-state index contributed by atoms with van der Waals surface area (Å²) in [5.74, 6) is -0.399. The predicted molar refractivity (Wildman–Crippen MR) is 69.2 cm³/mol. The lowest BCUT2D eigenvalue weighted by atomic mass is 10.2. The summed E-state index contributed by atoms with van der Waals surface area (Å²) in [5, 5.41) is 5.22. The molecule has 17 heavy (non-hydrogen) atoms. The second kappa shape index (κ2) is 6.96. The lowest BCUT2D eigenvalue weighted by Gasteiger charge is -2.08. The van der Waals surface area contributed by atoms with Crippen molar-refractivity contribution in [2.75, 3.05) is 19.3 Å². The van der Waals surface area contributed by atoms with Gasteiger partial charge in [-0.15, -0.1) is 11.8 Å². The Morgan fingerprint density at radius 1 is 1.24 bits per heavy atom. The maximum Gasteiger partial charge on any atom is 0.252 e. The number of amides is 2. The standard InChI is InChI=1S/C12H16N2O2S/c1-3-13-11(15)8-14-12(16)9-6-4-5-7-10(9)17-2/h4-7H,3,8H2,1-2H3,(H,13,15)(H,14,16). The molecule has 0 aliphatic rings. The van der Waals surface area contributed by atoms with Crippen molar-refractivity contribution in [3.8, 4) is 0 Å². The molecule has 2 amide bonds. The van der Waals surface area contributed by atoms with Gasteiger partial charge >= 0.3 is 0 Å². The first-order valence-electron chi connectivity index (χ1n) is 5.37. The fourth-order valence-electron chi connectivity index (χ4n) is 1.35. The van der Waals surface area contributed by atoms with Gasteiger partial charge in [-0.2, -0.15) is 0 Å². The van der Waals surface area contributed by atoms with E-state index in [-0.39, 0.29) is 18.4 Å². The molecule has 0 aliphatic carbocycles. The number of benzene rings is 1. The van der Waals surface area contributed by atoms with Gasteiger partial charge in [-0.1, -0.05) is 12.1 Å². The van der Waals surface area contributed by atoms with Crippen molar-refractivity contribution in [3.05, 3.63) is 29.8 Å². The van der Waals surface area contributed by atoms with Gasteiger partial charge in [0.2, 0.25) is 5.91 Å². The summed E-state index contributed by atoms with van der Waals surface area (Å²) in [6, 6.07) is 7.32. The van der Waals surface area contributed by atoms with Crippen LogP contribution in [0, 0.1) is 0 Å². The average Bonchev–Trinajstić information content (AvgIpc) is 2.36. The second-order valence-electron chi connectivity index (χ2n) is 3.34. The molecular formula is C12H16N2O2S. The van der Waals surface area contributed by atoms with Crippen LogP contribution in [0.15, 0.2) is 29.2 Å². The molecule has 92 valence electrons. The van der Waals surface area contributed by atoms with E-state index in [1.54, 1.807) is 12.1 Å². The molecule has 2 N–H and O–H groups in total. The Hall–Kier alpha value is -1.49. The van der Waals surface area contributed by atoms with Crippen molar-refractivity contribution >= 4 is 23.6 Å². The molecule has 0 fully saturated rings. The molecule has 5 heteroatoms. The molecule has 0 aromatic heterocycles. The van der Waals surface area contributed by atoms with Crippen LogP contribution in [0.25, 0.3) is 0 Å². The predicted octanol–water partition coefficient (Wildman–Crippen LogP) is 1.27. The van der Waals surface area contributed by atoms with E-state index in [2.05, 4.69) is 10.6 Å². The van der Waals surface area contributed by atoms with Gasteiger partial charge in [0.15, 0.2) is 0 Å². The zero-order chi connectivity index (χ0) is 12.7. The third kappa shape index (κ3) is 4.11. The Labute approximate surface area is 105 Å². The van der Waals surface area contributed by atoms with Crippen LogP contribution in [0.3, 0.4) is 0 Å². The van der Waals surface area contributed by atoms with E-state index >= 15 is 0 Å². The molecule has 0 bridgehead atoms. The maximum atomic E-state index is 11.8. The normalized spacial score (nSPS) is 9.76. The molecule has 0 aliphatic heterocycles. The van der Waals surface area contributed by atoms with Gasteiger partial charge in [-0.05, 0) is 25.3 Å². The molecule has 0 saturated heterocycles. The van der Waals surface area contributed by atoms with Gasteiger partial charge < -0.3 is 10.6 Å². The molecule has 1 rings (SSSR count). The zero-order valence-electron chi connectivity index (χ0n) is 9.95. The van der Waals surface area contributed by atoms with E-state index < -0.39 is 0 Å². The number of carbonyl (C=O) groups excluding carboxylic acids is 2. The number of carbonyl (C=O) groups is 2. The topological polar surface area (TPSA) is 58.2 Å². The van der Waals surface area contributed by atoms with E-state index in [1.807, 2.05) is 25.3 Å². The van der Waals surface area contributed by atoms with Crippen LogP contribution < -0.4 is 10.6 Å². The summed E-state index contributed by atoms with van der Waals surface area (Å²) in [7, 11) is 0.